The van der Waals surface area contributed by atoms with E-state index in [4.69, 9.17) is 10.9 Å². The molecule has 0 aromatic carbocycles. The van der Waals surface area contributed by atoms with Crippen LogP contribution in [0.2, 0.25) is 0 Å². The number of thiophene rings is 1. The van der Waals surface area contributed by atoms with Crippen LogP contribution in [0.25, 0.3) is 0 Å². The third-order valence-electron chi connectivity index (χ3n) is 4.22. The van der Waals surface area contributed by atoms with E-state index in [1.165, 1.54) is 40.6 Å². The first-order valence-corrected chi connectivity index (χ1v) is 9.46. The minimum atomic E-state index is 0.138. The van der Waals surface area contributed by atoms with Gasteiger partial charge in [-0.2, -0.15) is 5.10 Å². The van der Waals surface area contributed by atoms with Gasteiger partial charge in [0, 0.05) is 12.6 Å². The van der Waals surface area contributed by atoms with E-state index < -0.39 is 0 Å². The average Bonchev–Trinajstić information content (AvgIpc) is 3.15. The Balaban J connectivity index is 1.68. The first-order valence-electron chi connectivity index (χ1n) is 7.50. The van der Waals surface area contributed by atoms with E-state index in [2.05, 4.69) is 56.4 Å². The quantitative estimate of drug-likeness (QED) is 0.443. The molecule has 2 aromatic rings. The summed E-state index contributed by atoms with van der Waals surface area (Å²) in [6.45, 7) is 0. The minimum Gasteiger partial charge on any atom is -0.271 e. The highest BCUT2D eigenvalue weighted by molar-refractivity contribution is 14.1. The number of halogens is 1. The van der Waals surface area contributed by atoms with Gasteiger partial charge in [-0.05, 0) is 58.5 Å². The second kappa shape index (κ2) is 7.21. The van der Waals surface area contributed by atoms with Crippen molar-refractivity contribution < 1.29 is 0 Å². The highest BCUT2D eigenvalue weighted by atomic mass is 127. The fourth-order valence-electron chi connectivity index (χ4n) is 3.02. The smallest absolute Gasteiger partial charge is 0.0656 e. The molecule has 1 fully saturated rings. The summed E-state index contributed by atoms with van der Waals surface area (Å²) in [6, 6.07) is 5.06. The molecule has 1 saturated carbocycles. The van der Waals surface area contributed by atoms with E-state index in [9.17, 15) is 0 Å². The molecule has 4 nitrogen and oxygen atoms in total. The fraction of sp³-hybridized carbons (Fsp3) is 0.533. The maximum Gasteiger partial charge on any atom is 0.0656 e. The number of hydrazine groups is 1. The summed E-state index contributed by atoms with van der Waals surface area (Å²) in [4.78, 5) is 0. The molecule has 0 aliphatic heterocycles. The largest absolute Gasteiger partial charge is 0.271 e. The van der Waals surface area contributed by atoms with E-state index >= 15 is 0 Å². The van der Waals surface area contributed by atoms with Gasteiger partial charge < -0.3 is 0 Å². The van der Waals surface area contributed by atoms with Crippen LogP contribution in [0.1, 0.15) is 55.4 Å². The van der Waals surface area contributed by atoms with Crippen molar-refractivity contribution in [2.45, 2.75) is 50.6 Å². The molecule has 114 valence electrons. The summed E-state index contributed by atoms with van der Waals surface area (Å²) in [5.41, 5.74) is 5.29. The van der Waals surface area contributed by atoms with Gasteiger partial charge in [-0.1, -0.05) is 19.3 Å². The SMILES string of the molecule is NNC(Cc1ccn(C2CCCCC2)n1)c1csc(I)c1. The second-order valence-electron chi connectivity index (χ2n) is 5.69. The Hall–Kier alpha value is -0.440. The highest BCUT2D eigenvalue weighted by Gasteiger charge is 2.18. The Bertz CT molecular complexity index is 574. The Kier molecular flexibility index (Phi) is 5.31. The first kappa shape index (κ1) is 15.5. The second-order valence-corrected chi connectivity index (χ2v) is 8.49. The maximum absolute atomic E-state index is 5.73. The van der Waals surface area contributed by atoms with Gasteiger partial charge >= 0.3 is 0 Å². The Labute approximate surface area is 143 Å². The van der Waals surface area contributed by atoms with E-state index in [1.54, 1.807) is 11.3 Å². The lowest BCUT2D eigenvalue weighted by Gasteiger charge is -2.22. The van der Waals surface area contributed by atoms with Crippen LogP contribution < -0.4 is 11.3 Å². The number of nitrogens with zero attached hydrogens (tertiary/aromatic N) is 2. The molecule has 0 radical (unpaired) electrons. The molecule has 0 spiro atoms. The normalized spacial score (nSPS) is 18.0. The molecule has 0 amide bonds. The van der Waals surface area contributed by atoms with Crippen LogP contribution in [0, 0.1) is 2.88 Å². The molecule has 0 saturated heterocycles. The van der Waals surface area contributed by atoms with Gasteiger partial charge in [-0.15, -0.1) is 11.3 Å². The van der Waals surface area contributed by atoms with E-state index in [-0.39, 0.29) is 6.04 Å². The molecular formula is C15H21IN4S. The molecule has 1 aliphatic carbocycles. The lowest BCUT2D eigenvalue weighted by atomic mass is 9.96. The van der Waals surface area contributed by atoms with Gasteiger partial charge in [0.05, 0.1) is 20.7 Å². The number of nitrogens with one attached hydrogen (secondary N) is 1. The lowest BCUT2D eigenvalue weighted by molar-refractivity contribution is 0.327. The van der Waals surface area contributed by atoms with Crippen molar-refractivity contribution in [3.05, 3.63) is 37.9 Å². The van der Waals surface area contributed by atoms with Gasteiger partial charge in [-0.3, -0.25) is 16.0 Å². The lowest BCUT2D eigenvalue weighted by Crippen LogP contribution is -2.29. The minimum absolute atomic E-state index is 0.138. The molecule has 1 aliphatic rings. The number of aromatic nitrogens is 2. The van der Waals surface area contributed by atoms with Gasteiger partial charge in [-0.25, -0.2) is 0 Å². The Morgan fingerprint density at radius 2 is 2.24 bits per heavy atom. The van der Waals surface area contributed by atoms with Crippen LogP contribution >= 0.6 is 33.9 Å². The van der Waals surface area contributed by atoms with Crippen LogP contribution in [0.15, 0.2) is 23.7 Å². The highest BCUT2D eigenvalue weighted by Crippen LogP contribution is 2.28. The zero-order valence-corrected chi connectivity index (χ0v) is 14.9. The summed E-state index contributed by atoms with van der Waals surface area (Å²) in [6.07, 6.45) is 9.55. The van der Waals surface area contributed by atoms with Crippen molar-refractivity contribution in [2.75, 3.05) is 0 Å². The Morgan fingerprint density at radius 3 is 2.90 bits per heavy atom. The zero-order chi connectivity index (χ0) is 14.7. The third-order valence-corrected chi connectivity index (χ3v) is 6.02. The van der Waals surface area contributed by atoms with Crippen molar-refractivity contribution in [3.8, 4) is 0 Å². The predicted octanol–water partition coefficient (Wildman–Crippen LogP) is 3.80. The summed E-state index contributed by atoms with van der Waals surface area (Å²) in [5, 5.41) is 6.95. The zero-order valence-electron chi connectivity index (χ0n) is 12.0. The van der Waals surface area contributed by atoms with Crippen molar-refractivity contribution in [2.24, 2.45) is 5.84 Å². The van der Waals surface area contributed by atoms with Crippen LogP contribution in [-0.2, 0) is 6.42 Å². The number of rotatable bonds is 5. The summed E-state index contributed by atoms with van der Waals surface area (Å²) < 4.78 is 3.45. The monoisotopic (exact) mass is 416 g/mol. The van der Waals surface area contributed by atoms with Crippen LogP contribution in [0.3, 0.4) is 0 Å². The standard InChI is InChI=1S/C15H21IN4S/c16-15-8-11(10-21-15)14(18-17)9-12-6-7-20(19-12)13-4-2-1-3-5-13/h6-8,10,13-14,18H,1-5,9,17H2. The first-order chi connectivity index (χ1) is 10.3. The molecule has 2 aromatic heterocycles. The fourth-order valence-corrected chi connectivity index (χ4v) is 4.45. The molecule has 3 rings (SSSR count). The van der Waals surface area contributed by atoms with E-state index in [0.29, 0.717) is 6.04 Å². The third kappa shape index (κ3) is 3.85. The molecule has 3 N–H and O–H groups in total. The maximum atomic E-state index is 5.73. The van der Waals surface area contributed by atoms with Gasteiger partial charge in [0.1, 0.15) is 0 Å². The molecule has 21 heavy (non-hydrogen) atoms. The predicted molar refractivity (Wildman–Crippen MR) is 95.2 cm³/mol. The summed E-state index contributed by atoms with van der Waals surface area (Å²) in [5.74, 6) is 5.73. The van der Waals surface area contributed by atoms with Gasteiger partial charge in [0.25, 0.3) is 0 Å². The van der Waals surface area contributed by atoms with E-state index in [1.807, 2.05) is 0 Å². The number of hydrogen-bond donors (Lipinski definition) is 2. The molecule has 1 atom stereocenters. The summed E-state index contributed by atoms with van der Waals surface area (Å²) in [7, 11) is 0. The molecule has 0 bridgehead atoms. The van der Waals surface area contributed by atoms with Crippen LogP contribution in [-0.4, -0.2) is 9.78 Å². The van der Waals surface area contributed by atoms with Crippen molar-refractivity contribution in [3.63, 3.8) is 0 Å². The van der Waals surface area contributed by atoms with Crippen molar-refractivity contribution >= 4 is 33.9 Å². The molecule has 2 heterocycles. The number of nitrogens with two attached hydrogens (primary N) is 1. The van der Waals surface area contributed by atoms with E-state index in [0.717, 1.165) is 12.1 Å². The van der Waals surface area contributed by atoms with Crippen LogP contribution in [0.4, 0.5) is 0 Å². The van der Waals surface area contributed by atoms with Crippen LogP contribution in [0.5, 0.6) is 0 Å². The van der Waals surface area contributed by atoms with Gasteiger partial charge in [0.15, 0.2) is 0 Å². The number of hydrogen-bond acceptors (Lipinski definition) is 4. The molecule has 1 unspecified atom stereocenters. The summed E-state index contributed by atoms with van der Waals surface area (Å²) >= 11 is 4.10. The topological polar surface area (TPSA) is 55.9 Å². The van der Waals surface area contributed by atoms with Gasteiger partial charge in [0.2, 0.25) is 0 Å². The Morgan fingerprint density at radius 1 is 1.43 bits per heavy atom. The average molecular weight is 416 g/mol. The van der Waals surface area contributed by atoms with Crippen molar-refractivity contribution in [1.29, 1.82) is 0 Å². The molecular weight excluding hydrogens is 395 g/mol. The van der Waals surface area contributed by atoms with Crippen molar-refractivity contribution in [1.82, 2.24) is 15.2 Å². The molecule has 6 heteroatoms.